The molecular weight excluding hydrogens is 291 g/mol. The third-order valence-corrected chi connectivity index (χ3v) is 3.50. The van der Waals surface area contributed by atoms with Crippen molar-refractivity contribution in [3.8, 4) is 11.5 Å². The third kappa shape index (κ3) is 2.48. The molecule has 0 unspecified atom stereocenters. The summed E-state index contributed by atoms with van der Waals surface area (Å²) in [4.78, 5) is 11.0. The van der Waals surface area contributed by atoms with E-state index in [1.807, 2.05) is 24.3 Å². The summed E-state index contributed by atoms with van der Waals surface area (Å²) in [5.41, 5.74) is 0.161. The highest BCUT2D eigenvalue weighted by Gasteiger charge is 2.13. The standard InChI is InChI=1S/C17H10ClFO2/c18-14-8-9-16(13-6-2-1-5-12(13)14)21-17-11(10-20)4-3-7-15(17)19/h1-10H. The molecule has 2 nitrogen and oxygen atoms in total. The lowest BCUT2D eigenvalue weighted by Crippen LogP contribution is -1.94. The zero-order valence-corrected chi connectivity index (χ0v) is 11.6. The summed E-state index contributed by atoms with van der Waals surface area (Å²) >= 11 is 6.14. The van der Waals surface area contributed by atoms with Crippen molar-refractivity contribution in [2.24, 2.45) is 0 Å². The summed E-state index contributed by atoms with van der Waals surface area (Å²) in [6.45, 7) is 0. The van der Waals surface area contributed by atoms with Gasteiger partial charge in [0.2, 0.25) is 0 Å². The molecule has 0 aromatic heterocycles. The Balaban J connectivity index is 2.16. The fourth-order valence-electron chi connectivity index (χ4n) is 2.16. The molecule has 0 aliphatic heterocycles. The van der Waals surface area contributed by atoms with E-state index in [0.717, 1.165) is 10.8 Å². The molecule has 3 aromatic rings. The van der Waals surface area contributed by atoms with Gasteiger partial charge in [-0.1, -0.05) is 41.9 Å². The maximum atomic E-state index is 13.9. The summed E-state index contributed by atoms with van der Waals surface area (Å²) in [5, 5.41) is 2.15. The van der Waals surface area contributed by atoms with Crippen LogP contribution in [0.3, 0.4) is 0 Å². The maximum absolute atomic E-state index is 13.9. The zero-order chi connectivity index (χ0) is 14.8. The first-order chi connectivity index (χ1) is 10.2. The lowest BCUT2D eigenvalue weighted by atomic mass is 10.1. The number of benzene rings is 3. The summed E-state index contributed by atoms with van der Waals surface area (Å²) < 4.78 is 19.5. The monoisotopic (exact) mass is 300 g/mol. The van der Waals surface area contributed by atoms with Gasteiger partial charge < -0.3 is 4.74 Å². The predicted molar refractivity (Wildman–Crippen MR) is 80.8 cm³/mol. The van der Waals surface area contributed by atoms with Gasteiger partial charge in [0.25, 0.3) is 0 Å². The summed E-state index contributed by atoms with van der Waals surface area (Å²) in [5.74, 6) is -0.221. The molecule has 4 heteroatoms. The number of hydrogen-bond acceptors (Lipinski definition) is 2. The zero-order valence-electron chi connectivity index (χ0n) is 10.8. The van der Waals surface area contributed by atoms with Gasteiger partial charge >= 0.3 is 0 Å². The van der Waals surface area contributed by atoms with Crippen LogP contribution >= 0.6 is 11.6 Å². The average molecular weight is 301 g/mol. The highest BCUT2D eigenvalue weighted by atomic mass is 35.5. The van der Waals surface area contributed by atoms with Crippen molar-refractivity contribution in [2.75, 3.05) is 0 Å². The Bertz CT molecular complexity index is 830. The van der Waals surface area contributed by atoms with E-state index in [2.05, 4.69) is 0 Å². The summed E-state index contributed by atoms with van der Waals surface area (Å²) in [6.07, 6.45) is 0.566. The molecule has 0 fully saturated rings. The van der Waals surface area contributed by atoms with Crippen LogP contribution in [0.5, 0.6) is 11.5 Å². The van der Waals surface area contributed by atoms with E-state index in [9.17, 15) is 9.18 Å². The fourth-order valence-corrected chi connectivity index (χ4v) is 2.39. The summed E-state index contributed by atoms with van der Waals surface area (Å²) in [6, 6.07) is 14.9. The maximum Gasteiger partial charge on any atom is 0.173 e. The van der Waals surface area contributed by atoms with Crippen molar-refractivity contribution in [1.82, 2.24) is 0 Å². The molecule has 0 radical (unpaired) electrons. The van der Waals surface area contributed by atoms with Gasteiger partial charge in [0.05, 0.1) is 5.56 Å². The lowest BCUT2D eigenvalue weighted by molar-refractivity contribution is 0.112. The van der Waals surface area contributed by atoms with Crippen LogP contribution in [0.25, 0.3) is 10.8 Å². The lowest BCUT2D eigenvalue weighted by Gasteiger charge is -2.12. The van der Waals surface area contributed by atoms with Crippen LogP contribution in [-0.2, 0) is 0 Å². The molecule has 0 aliphatic carbocycles. The second-order valence-corrected chi connectivity index (χ2v) is 4.88. The van der Waals surface area contributed by atoms with Crippen molar-refractivity contribution in [2.45, 2.75) is 0 Å². The molecule has 0 aliphatic rings. The van der Waals surface area contributed by atoms with Crippen LogP contribution in [0.4, 0.5) is 4.39 Å². The van der Waals surface area contributed by atoms with E-state index in [-0.39, 0.29) is 11.3 Å². The van der Waals surface area contributed by atoms with Gasteiger partial charge in [-0.15, -0.1) is 0 Å². The fraction of sp³-hybridized carbons (Fsp3) is 0. The molecule has 3 rings (SSSR count). The summed E-state index contributed by atoms with van der Waals surface area (Å²) in [7, 11) is 0. The highest BCUT2D eigenvalue weighted by Crippen LogP contribution is 2.35. The molecule has 0 spiro atoms. The van der Waals surface area contributed by atoms with Crippen LogP contribution in [0.15, 0.2) is 54.6 Å². The Morgan fingerprint density at radius 1 is 0.952 bits per heavy atom. The third-order valence-electron chi connectivity index (χ3n) is 3.17. The normalized spacial score (nSPS) is 10.6. The van der Waals surface area contributed by atoms with E-state index < -0.39 is 5.82 Å². The molecule has 0 N–H and O–H groups in total. The van der Waals surface area contributed by atoms with Crippen LogP contribution in [0, 0.1) is 5.82 Å². The molecule has 21 heavy (non-hydrogen) atoms. The van der Waals surface area contributed by atoms with Gasteiger partial charge in [0, 0.05) is 15.8 Å². The van der Waals surface area contributed by atoms with E-state index in [1.165, 1.54) is 18.2 Å². The Morgan fingerprint density at radius 2 is 1.71 bits per heavy atom. The van der Waals surface area contributed by atoms with Gasteiger partial charge in [-0.05, 0) is 24.3 Å². The number of aldehydes is 1. The average Bonchev–Trinajstić information content (AvgIpc) is 2.52. The number of hydrogen-bond donors (Lipinski definition) is 0. The first-order valence-corrected chi connectivity index (χ1v) is 6.67. The van der Waals surface area contributed by atoms with E-state index in [4.69, 9.17) is 16.3 Å². The molecule has 3 aromatic carbocycles. The number of para-hydroxylation sites is 1. The van der Waals surface area contributed by atoms with Crippen molar-refractivity contribution in [3.05, 3.63) is 71.0 Å². The second-order valence-electron chi connectivity index (χ2n) is 4.47. The Hall–Kier alpha value is -2.39. The molecular formula is C17H10ClFO2. The highest BCUT2D eigenvalue weighted by molar-refractivity contribution is 6.35. The van der Waals surface area contributed by atoms with Gasteiger partial charge in [-0.25, -0.2) is 4.39 Å². The van der Waals surface area contributed by atoms with E-state index in [0.29, 0.717) is 17.1 Å². The number of carbonyl (C=O) groups excluding carboxylic acids is 1. The van der Waals surface area contributed by atoms with Crippen LogP contribution in [0.1, 0.15) is 10.4 Å². The molecule has 0 saturated heterocycles. The van der Waals surface area contributed by atoms with E-state index >= 15 is 0 Å². The Labute approximate surface area is 125 Å². The SMILES string of the molecule is O=Cc1cccc(F)c1Oc1ccc(Cl)c2ccccc12. The number of ether oxygens (including phenoxy) is 1. The van der Waals surface area contributed by atoms with Gasteiger partial charge in [-0.2, -0.15) is 0 Å². The molecule has 0 heterocycles. The van der Waals surface area contributed by atoms with E-state index in [1.54, 1.807) is 12.1 Å². The van der Waals surface area contributed by atoms with Crippen molar-refractivity contribution in [1.29, 1.82) is 0 Å². The van der Waals surface area contributed by atoms with Crippen molar-refractivity contribution < 1.29 is 13.9 Å². The minimum Gasteiger partial charge on any atom is -0.453 e. The number of rotatable bonds is 3. The first kappa shape index (κ1) is 13.6. The molecule has 0 saturated carbocycles. The molecule has 0 atom stereocenters. The Morgan fingerprint density at radius 3 is 2.48 bits per heavy atom. The topological polar surface area (TPSA) is 26.3 Å². The van der Waals surface area contributed by atoms with Gasteiger partial charge in [-0.3, -0.25) is 4.79 Å². The smallest absolute Gasteiger partial charge is 0.173 e. The molecule has 0 amide bonds. The Kier molecular flexibility index (Phi) is 3.59. The number of fused-ring (bicyclic) bond motifs is 1. The minimum absolute atomic E-state index is 0.0834. The van der Waals surface area contributed by atoms with Gasteiger partial charge in [0.15, 0.2) is 17.9 Å². The molecule has 104 valence electrons. The number of carbonyl (C=O) groups is 1. The number of halogens is 2. The quantitative estimate of drug-likeness (QED) is 0.618. The van der Waals surface area contributed by atoms with Crippen LogP contribution < -0.4 is 4.74 Å². The van der Waals surface area contributed by atoms with Gasteiger partial charge in [0.1, 0.15) is 5.75 Å². The van der Waals surface area contributed by atoms with Crippen LogP contribution in [-0.4, -0.2) is 6.29 Å². The predicted octanol–water partition coefficient (Wildman–Crippen LogP) is 5.24. The van der Waals surface area contributed by atoms with Crippen molar-refractivity contribution >= 4 is 28.7 Å². The first-order valence-electron chi connectivity index (χ1n) is 6.29. The second kappa shape index (κ2) is 5.54. The minimum atomic E-state index is -0.585. The van der Waals surface area contributed by atoms with Crippen LogP contribution in [0.2, 0.25) is 5.02 Å². The molecule has 0 bridgehead atoms. The van der Waals surface area contributed by atoms with Crippen molar-refractivity contribution in [3.63, 3.8) is 0 Å². The largest absolute Gasteiger partial charge is 0.453 e.